The minimum Gasteiger partial charge on any atom is -0.392 e. The van der Waals surface area contributed by atoms with Gasteiger partial charge in [0, 0.05) is 25.4 Å². The molecule has 1 aromatic carbocycles. The molecular weight excluding hydrogens is 410 g/mol. The van der Waals surface area contributed by atoms with Gasteiger partial charge in [-0.05, 0) is 63.0 Å². The van der Waals surface area contributed by atoms with Crippen LogP contribution in [0.3, 0.4) is 0 Å². The first kappa shape index (κ1) is 24.7. The Bertz CT molecular complexity index is 798. The van der Waals surface area contributed by atoms with Crippen molar-refractivity contribution in [2.45, 2.75) is 70.5 Å². The van der Waals surface area contributed by atoms with Crippen molar-refractivity contribution in [1.82, 2.24) is 4.90 Å². The van der Waals surface area contributed by atoms with E-state index >= 15 is 0 Å². The van der Waals surface area contributed by atoms with Gasteiger partial charge in [0.05, 0.1) is 25.4 Å². The van der Waals surface area contributed by atoms with E-state index in [-0.39, 0.29) is 12.0 Å². The number of ether oxygens (including phenoxy) is 1. The molecular formula is C29H43NO3. The van der Waals surface area contributed by atoms with E-state index in [2.05, 4.69) is 42.2 Å². The normalized spacial score (nSPS) is 28.9. The highest BCUT2D eigenvalue weighted by atomic mass is 16.5. The van der Waals surface area contributed by atoms with Gasteiger partial charge in [0.15, 0.2) is 0 Å². The van der Waals surface area contributed by atoms with Gasteiger partial charge in [0.2, 0.25) is 0 Å². The third kappa shape index (κ3) is 7.26. The Hall–Kier alpha value is -1.46. The zero-order chi connectivity index (χ0) is 23.0. The number of allylic oxidation sites excluding steroid dienone is 2. The van der Waals surface area contributed by atoms with Crippen molar-refractivity contribution >= 4 is 0 Å². The zero-order valence-corrected chi connectivity index (χ0v) is 20.4. The number of fused-ring (bicyclic) bond motifs is 1. The minimum atomic E-state index is -0.496. The van der Waals surface area contributed by atoms with Crippen molar-refractivity contribution in [2.75, 3.05) is 32.8 Å². The average molecular weight is 454 g/mol. The van der Waals surface area contributed by atoms with E-state index in [1.54, 1.807) is 5.57 Å². The van der Waals surface area contributed by atoms with E-state index in [0.717, 1.165) is 44.7 Å². The van der Waals surface area contributed by atoms with Crippen LogP contribution in [0, 0.1) is 24.7 Å². The first-order valence-electron chi connectivity index (χ1n) is 13.2. The number of morpholine rings is 1. The molecule has 1 saturated carbocycles. The number of rotatable bonds is 11. The van der Waals surface area contributed by atoms with Crippen molar-refractivity contribution in [3.8, 4) is 0 Å². The summed E-state index contributed by atoms with van der Waals surface area (Å²) in [6.07, 6.45) is 14.8. The second-order valence-corrected chi connectivity index (χ2v) is 10.5. The Balaban J connectivity index is 1.16. The Morgan fingerprint density at radius 2 is 1.97 bits per heavy atom. The van der Waals surface area contributed by atoms with Gasteiger partial charge in [0.1, 0.15) is 0 Å². The van der Waals surface area contributed by atoms with E-state index in [9.17, 15) is 10.2 Å². The average Bonchev–Trinajstić information content (AvgIpc) is 3.31. The molecule has 0 radical (unpaired) electrons. The van der Waals surface area contributed by atoms with Gasteiger partial charge in [-0.3, -0.25) is 4.90 Å². The lowest BCUT2D eigenvalue weighted by Crippen LogP contribution is -2.36. The Labute approximate surface area is 200 Å². The number of aryl methyl sites for hydroxylation is 1. The van der Waals surface area contributed by atoms with Crippen LogP contribution in [0.4, 0.5) is 0 Å². The van der Waals surface area contributed by atoms with Crippen LogP contribution >= 0.6 is 0 Å². The van der Waals surface area contributed by atoms with Crippen molar-refractivity contribution in [1.29, 1.82) is 0 Å². The second kappa shape index (κ2) is 12.3. The van der Waals surface area contributed by atoms with Crippen LogP contribution in [0.2, 0.25) is 0 Å². The van der Waals surface area contributed by atoms with Crippen LogP contribution in [-0.4, -0.2) is 60.2 Å². The molecule has 1 aliphatic heterocycles. The number of nitrogens with zero attached hydrogens (tertiary/aromatic N) is 1. The number of hydrogen-bond acceptors (Lipinski definition) is 4. The molecule has 2 N–H and O–H groups in total. The molecule has 1 aromatic rings. The molecule has 1 heterocycles. The number of unbranched alkanes of at least 4 members (excludes halogenated alkanes) is 3. The van der Waals surface area contributed by atoms with Crippen LogP contribution in [0.1, 0.15) is 56.1 Å². The third-order valence-electron chi connectivity index (χ3n) is 7.86. The lowest BCUT2D eigenvalue weighted by atomic mass is 9.88. The van der Waals surface area contributed by atoms with Crippen LogP contribution in [0.5, 0.6) is 0 Å². The highest BCUT2D eigenvalue weighted by molar-refractivity contribution is 5.24. The molecule has 4 nitrogen and oxygen atoms in total. The van der Waals surface area contributed by atoms with Crippen LogP contribution < -0.4 is 0 Å². The van der Waals surface area contributed by atoms with Crippen LogP contribution in [0.25, 0.3) is 0 Å². The van der Waals surface area contributed by atoms with E-state index in [1.165, 1.54) is 44.2 Å². The SMILES string of the molecule is Cc1cccc(C[C@H](O)/C=C/[C@@H]2[C@H]3CC(CCCCCCN4CCOCC4)=C[C@H]3C[C@H]2O)c1. The van der Waals surface area contributed by atoms with Gasteiger partial charge in [-0.2, -0.15) is 0 Å². The van der Waals surface area contributed by atoms with Crippen LogP contribution in [0.15, 0.2) is 48.1 Å². The van der Waals surface area contributed by atoms with Crippen molar-refractivity contribution in [3.63, 3.8) is 0 Å². The summed E-state index contributed by atoms with van der Waals surface area (Å²) in [5.74, 6) is 1.20. The van der Waals surface area contributed by atoms with Gasteiger partial charge in [-0.15, -0.1) is 0 Å². The molecule has 0 amide bonds. The fraction of sp³-hybridized carbons (Fsp3) is 0.655. The fourth-order valence-corrected chi connectivity index (χ4v) is 6.06. The van der Waals surface area contributed by atoms with Gasteiger partial charge in [-0.25, -0.2) is 0 Å². The van der Waals surface area contributed by atoms with Gasteiger partial charge < -0.3 is 14.9 Å². The first-order chi connectivity index (χ1) is 16.1. The monoisotopic (exact) mass is 453 g/mol. The first-order valence-corrected chi connectivity index (χ1v) is 13.2. The lowest BCUT2D eigenvalue weighted by Gasteiger charge is -2.26. The summed E-state index contributed by atoms with van der Waals surface area (Å²) < 4.78 is 5.42. The quantitative estimate of drug-likeness (QED) is 0.377. The summed E-state index contributed by atoms with van der Waals surface area (Å²) in [6.45, 7) is 7.29. The molecule has 33 heavy (non-hydrogen) atoms. The Kier molecular flexibility index (Phi) is 9.19. The molecule has 3 aliphatic rings. The molecule has 2 fully saturated rings. The maximum Gasteiger partial charge on any atom is 0.0761 e. The molecule has 2 aliphatic carbocycles. The summed E-state index contributed by atoms with van der Waals surface area (Å²) in [5, 5.41) is 21.1. The maximum atomic E-state index is 10.6. The molecule has 1 saturated heterocycles. The van der Waals surface area contributed by atoms with Crippen LogP contribution in [-0.2, 0) is 11.2 Å². The topological polar surface area (TPSA) is 52.9 Å². The summed E-state index contributed by atoms with van der Waals surface area (Å²) >= 11 is 0. The Morgan fingerprint density at radius 1 is 1.15 bits per heavy atom. The zero-order valence-electron chi connectivity index (χ0n) is 20.4. The highest BCUT2D eigenvalue weighted by Crippen LogP contribution is 2.48. The molecule has 0 aromatic heterocycles. The van der Waals surface area contributed by atoms with Crippen molar-refractivity contribution in [2.24, 2.45) is 17.8 Å². The largest absolute Gasteiger partial charge is 0.392 e. The number of hydrogen-bond donors (Lipinski definition) is 2. The smallest absolute Gasteiger partial charge is 0.0761 e. The van der Waals surface area contributed by atoms with E-state index in [0.29, 0.717) is 18.3 Å². The molecule has 0 bridgehead atoms. The molecule has 0 spiro atoms. The molecule has 4 heteroatoms. The highest BCUT2D eigenvalue weighted by Gasteiger charge is 2.43. The van der Waals surface area contributed by atoms with E-state index < -0.39 is 6.10 Å². The standard InChI is InChI=1S/C29H43NO3/c1-22-7-6-9-23(17-22)19-26(31)10-11-27-28-20-24(18-25(28)21-29(27)32)8-4-2-3-5-12-30-13-15-33-16-14-30/h6-7,9-11,17-18,25-29,31-32H,2-5,8,12-16,19-21H2,1H3/b11-10+/t25-,26+,27+,28-,29+/m0/s1. The lowest BCUT2D eigenvalue weighted by molar-refractivity contribution is 0.0371. The number of aliphatic hydroxyl groups excluding tert-OH is 2. The molecule has 5 atom stereocenters. The number of benzene rings is 1. The fourth-order valence-electron chi connectivity index (χ4n) is 6.06. The predicted octanol–water partition coefficient (Wildman–Crippen LogP) is 4.68. The third-order valence-corrected chi connectivity index (χ3v) is 7.86. The number of aliphatic hydroxyl groups is 2. The van der Waals surface area contributed by atoms with E-state index in [1.807, 2.05) is 12.1 Å². The maximum absolute atomic E-state index is 10.6. The van der Waals surface area contributed by atoms with Gasteiger partial charge in [0.25, 0.3) is 0 Å². The summed E-state index contributed by atoms with van der Waals surface area (Å²) in [5.41, 5.74) is 3.98. The molecule has 182 valence electrons. The minimum absolute atomic E-state index is 0.171. The van der Waals surface area contributed by atoms with E-state index in [4.69, 9.17) is 4.74 Å². The van der Waals surface area contributed by atoms with Crippen molar-refractivity contribution < 1.29 is 14.9 Å². The predicted molar refractivity (Wildman–Crippen MR) is 134 cm³/mol. The summed E-state index contributed by atoms with van der Waals surface area (Å²) in [6, 6.07) is 8.33. The molecule has 0 unspecified atom stereocenters. The second-order valence-electron chi connectivity index (χ2n) is 10.5. The van der Waals surface area contributed by atoms with Gasteiger partial charge in [-0.1, -0.05) is 66.5 Å². The Morgan fingerprint density at radius 3 is 2.79 bits per heavy atom. The molecule has 4 rings (SSSR count). The summed E-state index contributed by atoms with van der Waals surface area (Å²) in [7, 11) is 0. The van der Waals surface area contributed by atoms with Gasteiger partial charge >= 0.3 is 0 Å². The van der Waals surface area contributed by atoms with Crippen molar-refractivity contribution in [3.05, 3.63) is 59.2 Å². The summed E-state index contributed by atoms with van der Waals surface area (Å²) in [4.78, 5) is 2.53.